The summed E-state index contributed by atoms with van der Waals surface area (Å²) in [5, 5.41) is 9.32. The lowest BCUT2D eigenvalue weighted by Gasteiger charge is -2.35. The number of hydrogen-bond acceptors (Lipinski definition) is 4. The number of ether oxygens (including phenoxy) is 1. The number of carbonyl (C=O) groups is 2. The van der Waals surface area contributed by atoms with E-state index >= 15 is 0 Å². The summed E-state index contributed by atoms with van der Waals surface area (Å²) in [6.07, 6.45) is 1.98. The molecule has 0 aromatic heterocycles. The monoisotopic (exact) mass is 305 g/mol. The average molecular weight is 305 g/mol. The maximum absolute atomic E-state index is 12.7. The maximum atomic E-state index is 12.7. The molecule has 1 aliphatic rings. The third kappa shape index (κ3) is 4.00. The number of nitrogens with zero attached hydrogens (tertiary/aromatic N) is 1. The molecule has 1 amide bonds. The number of benzene rings is 1. The Kier molecular flexibility index (Phi) is 4.74. The molecule has 120 valence electrons. The number of aromatic hydroxyl groups is 1. The third-order valence-corrected chi connectivity index (χ3v) is 3.59. The van der Waals surface area contributed by atoms with Crippen LogP contribution < -0.4 is 0 Å². The second-order valence-corrected chi connectivity index (χ2v) is 6.60. The normalized spacial score (nSPS) is 18.9. The van der Waals surface area contributed by atoms with Crippen LogP contribution in [0, 0.1) is 0 Å². The van der Waals surface area contributed by atoms with Gasteiger partial charge in [0.2, 0.25) is 0 Å². The Morgan fingerprint density at radius 1 is 1.18 bits per heavy atom. The quantitative estimate of drug-likeness (QED) is 0.851. The van der Waals surface area contributed by atoms with Crippen molar-refractivity contribution in [1.82, 2.24) is 4.90 Å². The van der Waals surface area contributed by atoms with Gasteiger partial charge in [0.1, 0.15) is 11.4 Å². The first-order chi connectivity index (χ1) is 10.3. The lowest BCUT2D eigenvalue weighted by Crippen LogP contribution is -2.49. The van der Waals surface area contributed by atoms with Crippen LogP contribution in [0.3, 0.4) is 0 Å². The van der Waals surface area contributed by atoms with Crippen molar-refractivity contribution >= 4 is 11.9 Å². The summed E-state index contributed by atoms with van der Waals surface area (Å²) in [6, 6.07) is 5.63. The fourth-order valence-corrected chi connectivity index (χ4v) is 2.56. The minimum absolute atomic E-state index is 0.106. The van der Waals surface area contributed by atoms with Crippen molar-refractivity contribution in [1.29, 1.82) is 0 Å². The average Bonchev–Trinajstić information content (AvgIpc) is 2.45. The summed E-state index contributed by atoms with van der Waals surface area (Å²) in [4.78, 5) is 26.5. The highest BCUT2D eigenvalue weighted by Crippen LogP contribution is 2.24. The molecule has 1 aromatic carbocycles. The van der Waals surface area contributed by atoms with Gasteiger partial charge in [-0.15, -0.1) is 0 Å². The fraction of sp³-hybridized carbons (Fsp3) is 0.529. The van der Waals surface area contributed by atoms with Crippen molar-refractivity contribution in [3.05, 3.63) is 29.8 Å². The summed E-state index contributed by atoms with van der Waals surface area (Å²) < 4.78 is 5.41. The molecule has 5 heteroatoms. The highest BCUT2D eigenvalue weighted by Gasteiger charge is 2.35. The molecule has 1 atom stereocenters. The van der Waals surface area contributed by atoms with Crippen LogP contribution in [0.4, 0.5) is 4.79 Å². The van der Waals surface area contributed by atoms with E-state index in [-0.39, 0.29) is 11.5 Å². The fourth-order valence-electron chi connectivity index (χ4n) is 2.56. The molecule has 1 heterocycles. The largest absolute Gasteiger partial charge is 0.508 e. The summed E-state index contributed by atoms with van der Waals surface area (Å²) in [7, 11) is 0. The van der Waals surface area contributed by atoms with E-state index in [0.29, 0.717) is 18.5 Å². The van der Waals surface area contributed by atoms with Crippen molar-refractivity contribution in [3.63, 3.8) is 0 Å². The molecule has 2 rings (SSSR count). The van der Waals surface area contributed by atoms with Crippen LogP contribution in [-0.4, -0.2) is 40.1 Å². The molecule has 0 radical (unpaired) electrons. The minimum atomic E-state index is -0.583. The molecule has 1 aliphatic heterocycles. The first-order valence-corrected chi connectivity index (χ1v) is 7.61. The predicted octanol–water partition coefficient (Wildman–Crippen LogP) is 3.36. The van der Waals surface area contributed by atoms with Crippen molar-refractivity contribution in [2.75, 3.05) is 6.54 Å². The lowest BCUT2D eigenvalue weighted by atomic mass is 9.94. The number of phenols is 1. The molecule has 0 bridgehead atoms. The SMILES string of the molecule is CC(C)(C)OC(=O)N1CCCC[C@H]1C(=O)c1ccc(O)cc1. The van der Waals surface area contributed by atoms with E-state index in [0.717, 1.165) is 12.8 Å². The summed E-state index contributed by atoms with van der Waals surface area (Å²) >= 11 is 0. The Balaban J connectivity index is 2.17. The molecule has 0 spiro atoms. The molecule has 5 nitrogen and oxygen atoms in total. The zero-order chi connectivity index (χ0) is 16.3. The van der Waals surface area contributed by atoms with Gasteiger partial charge >= 0.3 is 6.09 Å². The number of rotatable bonds is 2. The highest BCUT2D eigenvalue weighted by molar-refractivity contribution is 6.01. The number of hydrogen-bond donors (Lipinski definition) is 1. The third-order valence-electron chi connectivity index (χ3n) is 3.59. The Labute approximate surface area is 130 Å². The number of amides is 1. The van der Waals surface area contributed by atoms with Crippen LogP contribution in [0.2, 0.25) is 0 Å². The van der Waals surface area contributed by atoms with Crippen LogP contribution >= 0.6 is 0 Å². The molecule has 1 N–H and O–H groups in total. The van der Waals surface area contributed by atoms with E-state index in [9.17, 15) is 14.7 Å². The molecule has 0 aliphatic carbocycles. The predicted molar refractivity (Wildman–Crippen MR) is 83.0 cm³/mol. The van der Waals surface area contributed by atoms with Crippen LogP contribution in [0.15, 0.2) is 24.3 Å². The van der Waals surface area contributed by atoms with Crippen molar-refractivity contribution in [2.45, 2.75) is 51.7 Å². The van der Waals surface area contributed by atoms with Gasteiger partial charge in [-0.2, -0.15) is 0 Å². The van der Waals surface area contributed by atoms with Gasteiger partial charge in [0.05, 0.1) is 6.04 Å². The zero-order valence-corrected chi connectivity index (χ0v) is 13.3. The summed E-state index contributed by atoms with van der Waals surface area (Å²) in [5.74, 6) is 0.00903. The molecule has 1 aromatic rings. The van der Waals surface area contributed by atoms with E-state index in [1.54, 1.807) is 12.1 Å². The second kappa shape index (κ2) is 6.38. The Hall–Kier alpha value is -2.04. The molecule has 1 saturated heterocycles. The molecular weight excluding hydrogens is 282 g/mol. The first-order valence-electron chi connectivity index (χ1n) is 7.61. The summed E-state index contributed by atoms with van der Waals surface area (Å²) in [6.45, 7) is 5.96. The van der Waals surface area contributed by atoms with Gasteiger partial charge in [-0.1, -0.05) is 0 Å². The van der Waals surface area contributed by atoms with Gasteiger partial charge in [-0.3, -0.25) is 9.69 Å². The molecule has 0 saturated carbocycles. The molecule has 22 heavy (non-hydrogen) atoms. The van der Waals surface area contributed by atoms with Crippen LogP contribution in [0.5, 0.6) is 5.75 Å². The van der Waals surface area contributed by atoms with E-state index in [2.05, 4.69) is 0 Å². The second-order valence-electron chi connectivity index (χ2n) is 6.60. The number of carbonyl (C=O) groups excluding carboxylic acids is 2. The van der Waals surface area contributed by atoms with E-state index in [1.807, 2.05) is 20.8 Å². The molecule has 0 unspecified atom stereocenters. The van der Waals surface area contributed by atoms with Gasteiger partial charge in [0.25, 0.3) is 0 Å². The number of likely N-dealkylation sites (tertiary alicyclic amines) is 1. The topological polar surface area (TPSA) is 66.8 Å². The Morgan fingerprint density at radius 3 is 2.41 bits per heavy atom. The number of piperidine rings is 1. The van der Waals surface area contributed by atoms with Crippen LogP contribution in [0.25, 0.3) is 0 Å². The maximum Gasteiger partial charge on any atom is 0.410 e. The van der Waals surface area contributed by atoms with Crippen molar-refractivity contribution < 1.29 is 19.4 Å². The Morgan fingerprint density at radius 2 is 1.82 bits per heavy atom. The van der Waals surface area contributed by atoms with E-state index in [4.69, 9.17) is 4.74 Å². The molecule has 1 fully saturated rings. The zero-order valence-electron chi connectivity index (χ0n) is 13.3. The van der Waals surface area contributed by atoms with E-state index < -0.39 is 17.7 Å². The standard InChI is InChI=1S/C17H23NO4/c1-17(2,3)22-16(21)18-11-5-4-6-14(18)15(20)12-7-9-13(19)10-8-12/h7-10,14,19H,4-6,11H2,1-3H3/t14-/m0/s1. The van der Waals surface area contributed by atoms with Gasteiger partial charge in [-0.25, -0.2) is 4.79 Å². The lowest BCUT2D eigenvalue weighted by molar-refractivity contribution is 0.0105. The minimum Gasteiger partial charge on any atom is -0.508 e. The summed E-state index contributed by atoms with van der Waals surface area (Å²) in [5.41, 5.74) is -0.0843. The molecular formula is C17H23NO4. The first kappa shape index (κ1) is 16.3. The van der Waals surface area contributed by atoms with Gasteiger partial charge < -0.3 is 9.84 Å². The highest BCUT2D eigenvalue weighted by atomic mass is 16.6. The van der Waals surface area contributed by atoms with E-state index in [1.165, 1.54) is 17.0 Å². The Bertz CT molecular complexity index is 545. The van der Waals surface area contributed by atoms with Crippen LogP contribution in [-0.2, 0) is 4.74 Å². The van der Waals surface area contributed by atoms with Crippen molar-refractivity contribution in [2.24, 2.45) is 0 Å². The van der Waals surface area contributed by atoms with Gasteiger partial charge in [0, 0.05) is 12.1 Å². The number of phenolic OH excluding ortho intramolecular Hbond substituents is 1. The number of Topliss-reactive ketones (excluding diaryl/α,β-unsaturated/α-hetero) is 1. The smallest absolute Gasteiger partial charge is 0.410 e. The van der Waals surface area contributed by atoms with Crippen molar-refractivity contribution in [3.8, 4) is 5.75 Å². The van der Waals surface area contributed by atoms with Gasteiger partial charge in [0.15, 0.2) is 5.78 Å². The van der Waals surface area contributed by atoms with Crippen LogP contribution in [0.1, 0.15) is 50.4 Å². The van der Waals surface area contributed by atoms with Gasteiger partial charge in [-0.05, 0) is 64.3 Å². The number of ketones is 1.